The number of β-amino-alcohol motifs (C(OH)–C–C–N with tert-alkyl or cyclic N) is 1. The average molecular weight is 483 g/mol. The van der Waals surface area contributed by atoms with Crippen molar-refractivity contribution in [3.63, 3.8) is 0 Å². The molecule has 1 aliphatic carbocycles. The standard InChI is InChI=1S/C31H34N2O3/c1-3-21-14-23-17-31(16-20-8-6-5-7-9-20,18-24(23)15-22(21)4-2)32-19-28(35)25-10-12-27(34)30-26(25)11-13-29(36)33-30/h5-15,28,32,34-35H,3-4,16-19H2,1-2H3,(H,33,36)/t28-/m0/s1. The molecule has 0 saturated carbocycles. The molecular weight excluding hydrogens is 448 g/mol. The molecule has 1 aromatic heterocycles. The number of fused-ring (bicyclic) bond motifs is 2. The Morgan fingerprint density at radius 1 is 0.944 bits per heavy atom. The number of nitrogens with one attached hydrogen (secondary N) is 2. The minimum Gasteiger partial charge on any atom is -0.506 e. The molecule has 0 amide bonds. The molecule has 4 aromatic rings. The molecule has 0 aliphatic heterocycles. The van der Waals surface area contributed by atoms with Gasteiger partial charge >= 0.3 is 0 Å². The first kappa shape index (κ1) is 24.3. The van der Waals surface area contributed by atoms with E-state index in [1.807, 2.05) is 6.07 Å². The lowest BCUT2D eigenvalue weighted by atomic mass is 9.87. The van der Waals surface area contributed by atoms with Gasteiger partial charge in [0.05, 0.1) is 11.6 Å². The molecule has 4 N–H and O–H groups in total. The van der Waals surface area contributed by atoms with Gasteiger partial charge < -0.3 is 20.5 Å². The number of phenolic OH excluding ortho intramolecular Hbond substituents is 1. The fourth-order valence-corrected chi connectivity index (χ4v) is 5.84. The fourth-order valence-electron chi connectivity index (χ4n) is 5.84. The van der Waals surface area contributed by atoms with Crippen molar-refractivity contribution >= 4 is 10.9 Å². The van der Waals surface area contributed by atoms with Crippen LogP contribution >= 0.6 is 0 Å². The molecule has 0 bridgehead atoms. The molecule has 0 fully saturated rings. The number of aromatic hydroxyl groups is 1. The van der Waals surface area contributed by atoms with Crippen LogP contribution in [0.15, 0.2) is 71.5 Å². The summed E-state index contributed by atoms with van der Waals surface area (Å²) in [5.74, 6) is -0.00291. The summed E-state index contributed by atoms with van der Waals surface area (Å²) in [6.45, 7) is 4.80. The summed E-state index contributed by atoms with van der Waals surface area (Å²) in [5.41, 5.74) is 7.46. The zero-order valence-corrected chi connectivity index (χ0v) is 21.0. The summed E-state index contributed by atoms with van der Waals surface area (Å²) in [4.78, 5) is 14.5. The van der Waals surface area contributed by atoms with Gasteiger partial charge in [0.1, 0.15) is 5.75 Å². The van der Waals surface area contributed by atoms with E-state index in [0.717, 1.165) is 32.1 Å². The highest BCUT2D eigenvalue weighted by atomic mass is 16.3. The van der Waals surface area contributed by atoms with Crippen molar-refractivity contribution in [2.45, 2.75) is 57.6 Å². The van der Waals surface area contributed by atoms with E-state index in [9.17, 15) is 15.0 Å². The van der Waals surface area contributed by atoms with E-state index < -0.39 is 6.10 Å². The van der Waals surface area contributed by atoms with Crippen molar-refractivity contribution in [2.75, 3.05) is 6.54 Å². The molecule has 5 rings (SSSR count). The van der Waals surface area contributed by atoms with Crippen LogP contribution in [0.5, 0.6) is 5.75 Å². The number of H-pyrrole nitrogens is 1. The van der Waals surface area contributed by atoms with Gasteiger partial charge in [0.25, 0.3) is 0 Å². The summed E-state index contributed by atoms with van der Waals surface area (Å²) in [7, 11) is 0. The number of phenols is 1. The van der Waals surface area contributed by atoms with E-state index in [1.165, 1.54) is 39.9 Å². The third-order valence-electron chi connectivity index (χ3n) is 7.66. The van der Waals surface area contributed by atoms with Crippen molar-refractivity contribution in [1.29, 1.82) is 0 Å². The molecule has 5 nitrogen and oxygen atoms in total. The van der Waals surface area contributed by atoms with Gasteiger partial charge in [-0.2, -0.15) is 0 Å². The predicted molar refractivity (Wildman–Crippen MR) is 145 cm³/mol. The van der Waals surface area contributed by atoms with E-state index in [2.05, 4.69) is 60.5 Å². The van der Waals surface area contributed by atoms with E-state index in [4.69, 9.17) is 0 Å². The van der Waals surface area contributed by atoms with Gasteiger partial charge in [0.2, 0.25) is 5.56 Å². The number of aliphatic hydroxyl groups excluding tert-OH is 1. The highest BCUT2D eigenvalue weighted by Gasteiger charge is 2.38. The maximum atomic E-state index is 11.8. The van der Waals surface area contributed by atoms with Crippen molar-refractivity contribution in [3.8, 4) is 5.75 Å². The normalized spacial score (nSPS) is 15.2. The number of pyridine rings is 1. The average Bonchev–Trinajstić information content (AvgIpc) is 3.24. The maximum Gasteiger partial charge on any atom is 0.248 e. The first-order valence-corrected chi connectivity index (χ1v) is 12.9. The molecule has 5 heteroatoms. The van der Waals surface area contributed by atoms with Crippen molar-refractivity contribution in [1.82, 2.24) is 10.3 Å². The second-order valence-corrected chi connectivity index (χ2v) is 10.1. The Hall–Kier alpha value is -3.41. The summed E-state index contributed by atoms with van der Waals surface area (Å²) >= 11 is 0. The highest BCUT2D eigenvalue weighted by molar-refractivity contribution is 5.87. The van der Waals surface area contributed by atoms with E-state index in [-0.39, 0.29) is 16.8 Å². The Kier molecular flexibility index (Phi) is 6.69. The monoisotopic (exact) mass is 482 g/mol. The van der Waals surface area contributed by atoms with Gasteiger partial charge in [-0.3, -0.25) is 4.79 Å². The topological polar surface area (TPSA) is 85.3 Å². The summed E-state index contributed by atoms with van der Waals surface area (Å²) in [6.07, 6.45) is 3.94. The van der Waals surface area contributed by atoms with Gasteiger partial charge in [-0.1, -0.05) is 62.4 Å². The number of hydrogen-bond donors (Lipinski definition) is 4. The van der Waals surface area contributed by atoms with Crippen LogP contribution in [-0.4, -0.2) is 27.3 Å². The van der Waals surface area contributed by atoms with Crippen LogP contribution in [0, 0.1) is 0 Å². The van der Waals surface area contributed by atoms with Crippen LogP contribution in [0.3, 0.4) is 0 Å². The molecular formula is C31H34N2O3. The van der Waals surface area contributed by atoms with Gasteiger partial charge in [0.15, 0.2) is 0 Å². The third-order valence-corrected chi connectivity index (χ3v) is 7.66. The van der Waals surface area contributed by atoms with Gasteiger partial charge in [-0.05, 0) is 77.6 Å². The lowest BCUT2D eigenvalue weighted by molar-refractivity contribution is 0.157. The zero-order chi connectivity index (χ0) is 25.3. The Morgan fingerprint density at radius 2 is 1.61 bits per heavy atom. The first-order chi connectivity index (χ1) is 17.4. The molecule has 1 atom stereocenters. The van der Waals surface area contributed by atoms with Crippen LogP contribution in [0.4, 0.5) is 0 Å². The van der Waals surface area contributed by atoms with Crippen LogP contribution in [0.2, 0.25) is 0 Å². The molecule has 1 heterocycles. The number of aromatic amines is 1. The number of aryl methyl sites for hydroxylation is 2. The first-order valence-electron chi connectivity index (χ1n) is 12.9. The fraction of sp³-hybridized carbons (Fsp3) is 0.323. The lowest BCUT2D eigenvalue weighted by Gasteiger charge is -2.32. The van der Waals surface area contributed by atoms with Crippen molar-refractivity contribution < 1.29 is 10.2 Å². The number of aromatic nitrogens is 1. The van der Waals surface area contributed by atoms with Crippen LogP contribution in [-0.2, 0) is 32.1 Å². The quantitative estimate of drug-likeness (QED) is 0.292. The minimum absolute atomic E-state index is 0.00291. The molecule has 36 heavy (non-hydrogen) atoms. The Bertz CT molecular complexity index is 1410. The van der Waals surface area contributed by atoms with E-state index in [0.29, 0.717) is 23.0 Å². The van der Waals surface area contributed by atoms with E-state index in [1.54, 1.807) is 12.1 Å². The smallest absolute Gasteiger partial charge is 0.248 e. The SMILES string of the molecule is CCc1cc2c(cc1CC)CC(Cc1ccccc1)(NC[C@H](O)c1ccc(O)c3[nH]c(=O)ccc13)C2. The molecule has 3 aromatic carbocycles. The minimum atomic E-state index is -0.798. The Balaban J connectivity index is 1.45. The largest absolute Gasteiger partial charge is 0.506 e. The summed E-state index contributed by atoms with van der Waals surface area (Å²) in [5, 5.41) is 25.9. The van der Waals surface area contributed by atoms with Crippen molar-refractivity contribution in [2.24, 2.45) is 0 Å². The third kappa shape index (κ3) is 4.69. The Labute approximate surface area is 211 Å². The molecule has 0 saturated heterocycles. The second-order valence-electron chi connectivity index (χ2n) is 10.1. The van der Waals surface area contributed by atoms with Crippen LogP contribution in [0.25, 0.3) is 10.9 Å². The molecule has 0 radical (unpaired) electrons. The van der Waals surface area contributed by atoms with E-state index >= 15 is 0 Å². The lowest BCUT2D eigenvalue weighted by Crippen LogP contribution is -2.49. The van der Waals surface area contributed by atoms with Gasteiger partial charge in [-0.15, -0.1) is 0 Å². The highest BCUT2D eigenvalue weighted by Crippen LogP contribution is 2.36. The van der Waals surface area contributed by atoms with Gasteiger partial charge in [-0.25, -0.2) is 0 Å². The summed E-state index contributed by atoms with van der Waals surface area (Å²) < 4.78 is 0. The number of aliphatic hydroxyl groups is 1. The number of rotatable bonds is 8. The van der Waals surface area contributed by atoms with Gasteiger partial charge in [0, 0.05) is 23.5 Å². The Morgan fingerprint density at radius 3 is 2.25 bits per heavy atom. The maximum absolute atomic E-state index is 11.8. The predicted octanol–water partition coefficient (Wildman–Crippen LogP) is 4.76. The molecule has 186 valence electrons. The molecule has 0 spiro atoms. The number of benzene rings is 3. The molecule has 1 aliphatic rings. The van der Waals surface area contributed by atoms with Crippen LogP contribution < -0.4 is 10.9 Å². The van der Waals surface area contributed by atoms with Crippen molar-refractivity contribution in [3.05, 3.63) is 110 Å². The number of hydrogen-bond acceptors (Lipinski definition) is 4. The van der Waals surface area contributed by atoms with Crippen LogP contribution in [0.1, 0.15) is 53.3 Å². The second kappa shape index (κ2) is 9.92. The molecule has 0 unspecified atom stereocenters. The summed E-state index contributed by atoms with van der Waals surface area (Å²) in [6, 6.07) is 21.7. The zero-order valence-electron chi connectivity index (χ0n) is 21.0.